The van der Waals surface area contributed by atoms with Crippen LogP contribution in [0.5, 0.6) is 5.75 Å². The first-order valence-electron chi connectivity index (χ1n) is 8.54. The van der Waals surface area contributed by atoms with Gasteiger partial charge in [0.1, 0.15) is 12.2 Å². The second kappa shape index (κ2) is 6.40. The minimum atomic E-state index is -0.685. The Labute approximate surface area is 146 Å². The third kappa shape index (κ3) is 3.19. The number of fused-ring (bicyclic) bond motifs is 1. The van der Waals surface area contributed by atoms with Crippen molar-refractivity contribution in [2.75, 3.05) is 31.1 Å². The van der Waals surface area contributed by atoms with Gasteiger partial charge in [0, 0.05) is 19.3 Å². The molecule has 25 heavy (non-hydrogen) atoms. The Kier molecular flexibility index (Phi) is 4.09. The second-order valence-corrected chi connectivity index (χ2v) is 6.67. The molecule has 2 aliphatic heterocycles. The number of ether oxygens (including phenoxy) is 1. The lowest BCUT2D eigenvalue weighted by Gasteiger charge is -2.23. The molecule has 0 spiro atoms. The molecule has 7 heteroatoms. The van der Waals surface area contributed by atoms with Gasteiger partial charge in [0.15, 0.2) is 5.75 Å². The van der Waals surface area contributed by atoms with Crippen LogP contribution in [-0.4, -0.2) is 64.1 Å². The van der Waals surface area contributed by atoms with Crippen LogP contribution in [0.3, 0.4) is 0 Å². The van der Waals surface area contributed by atoms with E-state index in [1.807, 2.05) is 19.2 Å². The normalized spacial score (nSPS) is 22.3. The van der Waals surface area contributed by atoms with Gasteiger partial charge >= 0.3 is 0 Å². The first kappa shape index (κ1) is 16.0. The number of hydrogen-bond donors (Lipinski definition) is 1. The summed E-state index contributed by atoms with van der Waals surface area (Å²) < 4.78 is 7.42. The van der Waals surface area contributed by atoms with Gasteiger partial charge in [0.25, 0.3) is 0 Å². The summed E-state index contributed by atoms with van der Waals surface area (Å²) in [6.45, 7) is 1.89. The van der Waals surface area contributed by atoms with E-state index in [2.05, 4.69) is 22.1 Å². The maximum Gasteiger partial charge on any atom is 0.242 e. The average Bonchev–Trinajstić information content (AvgIpc) is 3.29. The molecule has 1 fully saturated rings. The molecule has 2 aromatic rings. The highest BCUT2D eigenvalue weighted by Gasteiger charge is 2.36. The Bertz CT molecular complexity index is 775. The number of β-amino-alcohol motifs (C(OH)–C–C–N with tert-alkyl or cyclic N) is 1. The number of benzene rings is 1. The summed E-state index contributed by atoms with van der Waals surface area (Å²) in [6, 6.07) is 8.19. The van der Waals surface area contributed by atoms with Crippen molar-refractivity contribution in [1.29, 1.82) is 0 Å². The van der Waals surface area contributed by atoms with Crippen LogP contribution in [0.2, 0.25) is 0 Å². The quantitative estimate of drug-likeness (QED) is 0.873. The van der Waals surface area contributed by atoms with Crippen LogP contribution in [0.15, 0.2) is 36.7 Å². The van der Waals surface area contributed by atoms with Crippen molar-refractivity contribution in [3.63, 3.8) is 0 Å². The van der Waals surface area contributed by atoms with E-state index in [9.17, 15) is 9.90 Å². The van der Waals surface area contributed by atoms with E-state index in [1.54, 1.807) is 22.0 Å². The molecular weight excluding hydrogens is 320 g/mol. The molecule has 2 aliphatic rings. The van der Waals surface area contributed by atoms with Crippen LogP contribution in [0, 0.1) is 0 Å². The number of carbonyl (C=O) groups excluding carboxylic acids is 1. The molecule has 2 atom stereocenters. The summed E-state index contributed by atoms with van der Waals surface area (Å²) in [5.41, 5.74) is 2.42. The number of rotatable bonds is 4. The van der Waals surface area contributed by atoms with E-state index < -0.39 is 12.2 Å². The van der Waals surface area contributed by atoms with Crippen LogP contribution >= 0.6 is 0 Å². The summed E-state index contributed by atoms with van der Waals surface area (Å²) in [4.78, 5) is 16.5. The third-order valence-corrected chi connectivity index (χ3v) is 4.87. The Morgan fingerprint density at radius 1 is 1.36 bits per heavy atom. The van der Waals surface area contributed by atoms with Gasteiger partial charge in [-0.05, 0) is 18.1 Å². The Morgan fingerprint density at radius 3 is 3.00 bits per heavy atom. The molecule has 1 amide bonds. The molecule has 0 unspecified atom stereocenters. The molecule has 4 rings (SSSR count). The number of anilines is 1. The number of para-hydroxylation sites is 1. The van der Waals surface area contributed by atoms with Crippen LogP contribution in [0.1, 0.15) is 5.56 Å². The smallest absolute Gasteiger partial charge is 0.242 e. The van der Waals surface area contributed by atoms with E-state index in [0.717, 1.165) is 18.7 Å². The Balaban J connectivity index is 1.37. The van der Waals surface area contributed by atoms with Crippen molar-refractivity contribution in [3.8, 4) is 5.75 Å². The fraction of sp³-hybridized carbons (Fsp3) is 0.444. The van der Waals surface area contributed by atoms with E-state index in [4.69, 9.17) is 4.74 Å². The van der Waals surface area contributed by atoms with Crippen molar-refractivity contribution in [3.05, 3.63) is 42.2 Å². The van der Waals surface area contributed by atoms with Crippen LogP contribution in [-0.2, 0) is 18.3 Å². The number of carbonyl (C=O) groups is 1. The molecule has 132 valence electrons. The zero-order valence-electron chi connectivity index (χ0n) is 14.2. The van der Waals surface area contributed by atoms with Crippen LogP contribution < -0.4 is 9.64 Å². The molecule has 0 saturated carbocycles. The molecule has 0 bridgehead atoms. The van der Waals surface area contributed by atoms with Crippen molar-refractivity contribution in [1.82, 2.24) is 14.7 Å². The average molecular weight is 342 g/mol. The van der Waals surface area contributed by atoms with Gasteiger partial charge in [-0.3, -0.25) is 9.48 Å². The van der Waals surface area contributed by atoms with Crippen molar-refractivity contribution >= 4 is 11.6 Å². The predicted molar refractivity (Wildman–Crippen MR) is 92.6 cm³/mol. The molecule has 1 aromatic heterocycles. The molecule has 0 radical (unpaired) electrons. The van der Waals surface area contributed by atoms with Gasteiger partial charge in [0.2, 0.25) is 5.91 Å². The Hall–Kier alpha value is -2.54. The van der Waals surface area contributed by atoms with E-state index in [-0.39, 0.29) is 5.91 Å². The molecule has 7 nitrogen and oxygen atoms in total. The van der Waals surface area contributed by atoms with Crippen LogP contribution in [0.25, 0.3) is 0 Å². The number of aryl methyl sites for hydroxylation is 1. The first-order chi connectivity index (χ1) is 12.1. The van der Waals surface area contributed by atoms with Gasteiger partial charge in [0.05, 0.1) is 32.0 Å². The number of hydrogen-bond acceptors (Lipinski definition) is 5. The number of aliphatic hydroxyl groups excluding tert-OH is 1. The lowest BCUT2D eigenvalue weighted by atomic mass is 10.2. The topological polar surface area (TPSA) is 70.8 Å². The lowest BCUT2D eigenvalue weighted by molar-refractivity contribution is -0.129. The van der Waals surface area contributed by atoms with Gasteiger partial charge in [-0.15, -0.1) is 0 Å². The second-order valence-electron chi connectivity index (χ2n) is 6.67. The van der Waals surface area contributed by atoms with Gasteiger partial charge in [-0.25, -0.2) is 0 Å². The maximum atomic E-state index is 12.7. The number of likely N-dealkylation sites (tertiary alicyclic amines) is 1. The van der Waals surface area contributed by atoms with Gasteiger partial charge in [-0.1, -0.05) is 18.2 Å². The zero-order valence-corrected chi connectivity index (χ0v) is 14.2. The summed E-state index contributed by atoms with van der Waals surface area (Å²) in [7, 11) is 1.81. The fourth-order valence-electron chi connectivity index (χ4n) is 3.54. The third-order valence-electron chi connectivity index (χ3n) is 4.87. The van der Waals surface area contributed by atoms with Gasteiger partial charge in [-0.2, -0.15) is 5.10 Å². The predicted octanol–water partition coefficient (Wildman–Crippen LogP) is 0.433. The zero-order chi connectivity index (χ0) is 17.4. The monoisotopic (exact) mass is 342 g/mol. The molecule has 0 aliphatic carbocycles. The molecular formula is C18H22N4O3. The number of aliphatic hydroxyl groups is 1. The minimum Gasteiger partial charge on any atom is -0.482 e. The molecule has 1 aromatic carbocycles. The van der Waals surface area contributed by atoms with Crippen LogP contribution in [0.4, 0.5) is 5.69 Å². The van der Waals surface area contributed by atoms with Crippen molar-refractivity contribution in [2.45, 2.75) is 18.6 Å². The summed E-state index contributed by atoms with van der Waals surface area (Å²) >= 11 is 0. The molecule has 1 N–H and O–H groups in total. The van der Waals surface area contributed by atoms with Crippen molar-refractivity contribution in [2.24, 2.45) is 7.05 Å². The fourth-order valence-corrected chi connectivity index (χ4v) is 3.54. The Morgan fingerprint density at radius 2 is 2.20 bits per heavy atom. The van der Waals surface area contributed by atoms with Crippen molar-refractivity contribution < 1.29 is 14.6 Å². The minimum absolute atomic E-state index is 0.0213. The lowest BCUT2D eigenvalue weighted by Crippen LogP contribution is -2.39. The summed E-state index contributed by atoms with van der Waals surface area (Å²) in [6.07, 6.45) is 3.23. The highest BCUT2D eigenvalue weighted by Crippen LogP contribution is 2.27. The number of amides is 1. The highest BCUT2D eigenvalue weighted by molar-refractivity contribution is 5.82. The number of nitrogens with zero attached hydrogens (tertiary/aromatic N) is 4. The summed E-state index contributed by atoms with van der Waals surface area (Å²) in [5, 5.41) is 14.3. The molecule has 3 heterocycles. The van der Waals surface area contributed by atoms with E-state index in [1.165, 1.54) is 5.56 Å². The first-order valence-corrected chi connectivity index (χ1v) is 8.54. The SMILES string of the molecule is Cn1cc(O[C@@H]2CN(C(=O)CN3CCc4ccccc43)C[C@H]2O)cn1. The largest absolute Gasteiger partial charge is 0.482 e. The number of aromatic nitrogens is 2. The van der Waals surface area contributed by atoms with Gasteiger partial charge < -0.3 is 19.6 Å². The summed E-state index contributed by atoms with van der Waals surface area (Å²) in [5.74, 6) is 0.627. The molecule has 1 saturated heterocycles. The maximum absolute atomic E-state index is 12.7. The van der Waals surface area contributed by atoms with E-state index >= 15 is 0 Å². The standard InChI is InChI=1S/C18H22N4O3/c1-20-9-14(8-19-20)25-17-11-22(10-16(17)23)18(24)12-21-7-6-13-4-2-3-5-15(13)21/h2-5,8-9,16-17,23H,6-7,10-12H2,1H3/t16-,17-/m1/s1. The van der Waals surface area contributed by atoms with E-state index in [0.29, 0.717) is 25.4 Å². The highest BCUT2D eigenvalue weighted by atomic mass is 16.5.